The lowest BCUT2D eigenvalue weighted by Crippen LogP contribution is -2.48. The van der Waals surface area contributed by atoms with E-state index < -0.39 is 0 Å². The van der Waals surface area contributed by atoms with Crippen molar-refractivity contribution in [2.45, 2.75) is 45.2 Å². The van der Waals surface area contributed by atoms with Crippen LogP contribution in [0.1, 0.15) is 33.1 Å². The van der Waals surface area contributed by atoms with Crippen LogP contribution in [-0.2, 0) is 4.79 Å². The van der Waals surface area contributed by atoms with Gasteiger partial charge in [-0.2, -0.15) is 0 Å². The van der Waals surface area contributed by atoms with Crippen molar-refractivity contribution in [1.82, 2.24) is 10.2 Å². The van der Waals surface area contributed by atoms with Crippen LogP contribution >= 0.6 is 0 Å². The molecule has 0 aliphatic carbocycles. The summed E-state index contributed by atoms with van der Waals surface area (Å²) in [5.41, 5.74) is 5.57. The zero-order valence-electron chi connectivity index (χ0n) is 9.83. The summed E-state index contributed by atoms with van der Waals surface area (Å²) in [7, 11) is 0. The maximum Gasteiger partial charge on any atom is 0.237 e. The summed E-state index contributed by atoms with van der Waals surface area (Å²) in [6.07, 6.45) is 2.88. The van der Waals surface area contributed by atoms with Crippen LogP contribution < -0.4 is 11.1 Å². The Morgan fingerprint density at radius 3 is 2.93 bits per heavy atom. The monoisotopic (exact) mass is 213 g/mol. The number of nitrogens with two attached hydrogens (primary N) is 1. The maximum absolute atomic E-state index is 11.8. The van der Waals surface area contributed by atoms with Crippen LogP contribution in [0.2, 0.25) is 0 Å². The minimum atomic E-state index is -0.0209. The first-order valence-corrected chi connectivity index (χ1v) is 5.94. The summed E-state index contributed by atoms with van der Waals surface area (Å²) in [5, 5.41) is 2.96. The third kappa shape index (κ3) is 3.18. The summed E-state index contributed by atoms with van der Waals surface area (Å²) in [6, 6.07) is 0.452. The van der Waals surface area contributed by atoms with E-state index in [1.165, 1.54) is 0 Å². The highest BCUT2D eigenvalue weighted by Crippen LogP contribution is 2.15. The van der Waals surface area contributed by atoms with Gasteiger partial charge < -0.3 is 11.1 Å². The number of carbonyl (C=O) groups is 1. The van der Waals surface area contributed by atoms with Crippen LogP contribution in [0.3, 0.4) is 0 Å². The lowest BCUT2D eigenvalue weighted by molar-refractivity contribution is -0.126. The first kappa shape index (κ1) is 12.5. The zero-order chi connectivity index (χ0) is 11.3. The van der Waals surface area contributed by atoms with Crippen molar-refractivity contribution in [2.75, 3.05) is 19.6 Å². The van der Waals surface area contributed by atoms with E-state index in [0.717, 1.165) is 32.4 Å². The Labute approximate surface area is 92.2 Å². The van der Waals surface area contributed by atoms with Gasteiger partial charge in [-0.05, 0) is 39.3 Å². The number of hydrogen-bond acceptors (Lipinski definition) is 3. The van der Waals surface area contributed by atoms with E-state index in [4.69, 9.17) is 5.73 Å². The molecule has 4 nitrogen and oxygen atoms in total. The molecule has 0 spiro atoms. The molecule has 0 aromatic carbocycles. The molecule has 1 heterocycles. The van der Waals surface area contributed by atoms with Gasteiger partial charge in [0.2, 0.25) is 5.91 Å². The van der Waals surface area contributed by atoms with Gasteiger partial charge in [0, 0.05) is 12.6 Å². The number of rotatable bonds is 4. The molecule has 1 aliphatic heterocycles. The summed E-state index contributed by atoms with van der Waals surface area (Å²) in [4.78, 5) is 14.1. The molecule has 0 aromatic heterocycles. The third-order valence-electron chi connectivity index (χ3n) is 3.05. The Kier molecular flexibility index (Phi) is 5.05. The molecule has 3 N–H and O–H groups in total. The fourth-order valence-corrected chi connectivity index (χ4v) is 2.23. The molecule has 0 aromatic rings. The van der Waals surface area contributed by atoms with E-state index in [0.29, 0.717) is 12.6 Å². The van der Waals surface area contributed by atoms with Crippen molar-refractivity contribution >= 4 is 5.91 Å². The zero-order valence-corrected chi connectivity index (χ0v) is 9.83. The average Bonchev–Trinajstić information content (AvgIpc) is 2.33. The van der Waals surface area contributed by atoms with Crippen molar-refractivity contribution in [3.05, 3.63) is 0 Å². The topological polar surface area (TPSA) is 58.4 Å². The van der Waals surface area contributed by atoms with Gasteiger partial charge in [-0.15, -0.1) is 0 Å². The van der Waals surface area contributed by atoms with Gasteiger partial charge in [0.05, 0.1) is 6.04 Å². The lowest BCUT2D eigenvalue weighted by Gasteiger charge is -2.32. The maximum atomic E-state index is 11.8. The Hall–Kier alpha value is -0.610. The molecule has 0 radical (unpaired) electrons. The molecule has 1 saturated heterocycles. The molecule has 1 aliphatic rings. The minimum Gasteiger partial charge on any atom is -0.355 e. The highest BCUT2D eigenvalue weighted by molar-refractivity contribution is 5.82. The van der Waals surface area contributed by atoms with Crippen LogP contribution in [0, 0.1) is 0 Å². The van der Waals surface area contributed by atoms with Crippen LogP contribution in [-0.4, -0.2) is 42.5 Å². The second kappa shape index (κ2) is 6.08. The van der Waals surface area contributed by atoms with Gasteiger partial charge in [0.15, 0.2) is 0 Å². The quantitative estimate of drug-likeness (QED) is 0.707. The molecular weight excluding hydrogens is 190 g/mol. The summed E-state index contributed by atoms with van der Waals surface area (Å²) >= 11 is 0. The smallest absolute Gasteiger partial charge is 0.237 e. The SMILES string of the molecule is CCCN1C(C)CCNC(=O)C1CCN. The second-order valence-electron chi connectivity index (χ2n) is 4.26. The number of nitrogens with one attached hydrogen (secondary N) is 1. The van der Waals surface area contributed by atoms with Crippen molar-refractivity contribution < 1.29 is 4.79 Å². The Morgan fingerprint density at radius 2 is 2.33 bits per heavy atom. The van der Waals surface area contributed by atoms with Gasteiger partial charge in [0.1, 0.15) is 0 Å². The van der Waals surface area contributed by atoms with Crippen molar-refractivity contribution in [3.8, 4) is 0 Å². The van der Waals surface area contributed by atoms with Gasteiger partial charge in [-0.25, -0.2) is 0 Å². The minimum absolute atomic E-state index is 0.0209. The van der Waals surface area contributed by atoms with E-state index in [2.05, 4.69) is 24.1 Å². The molecule has 2 atom stereocenters. The van der Waals surface area contributed by atoms with Gasteiger partial charge >= 0.3 is 0 Å². The van der Waals surface area contributed by atoms with Crippen molar-refractivity contribution in [3.63, 3.8) is 0 Å². The molecule has 88 valence electrons. The van der Waals surface area contributed by atoms with Crippen LogP contribution in [0.5, 0.6) is 0 Å². The molecule has 15 heavy (non-hydrogen) atoms. The molecule has 4 heteroatoms. The molecule has 0 bridgehead atoms. The fraction of sp³-hybridized carbons (Fsp3) is 0.909. The Morgan fingerprint density at radius 1 is 1.60 bits per heavy atom. The summed E-state index contributed by atoms with van der Waals surface area (Å²) in [6.45, 7) is 6.69. The highest BCUT2D eigenvalue weighted by Gasteiger charge is 2.30. The predicted octanol–water partition coefficient (Wildman–Crippen LogP) is 0.324. The predicted molar refractivity (Wildman–Crippen MR) is 61.5 cm³/mol. The van der Waals surface area contributed by atoms with Crippen molar-refractivity contribution in [1.29, 1.82) is 0 Å². The normalized spacial score (nSPS) is 28.6. The van der Waals surface area contributed by atoms with Gasteiger partial charge in [0.25, 0.3) is 0 Å². The third-order valence-corrected chi connectivity index (χ3v) is 3.05. The fourth-order valence-electron chi connectivity index (χ4n) is 2.23. The highest BCUT2D eigenvalue weighted by atomic mass is 16.2. The van der Waals surface area contributed by atoms with Gasteiger partial charge in [-0.3, -0.25) is 9.69 Å². The number of amides is 1. The van der Waals surface area contributed by atoms with E-state index in [1.807, 2.05) is 0 Å². The first-order valence-electron chi connectivity index (χ1n) is 5.94. The van der Waals surface area contributed by atoms with Crippen LogP contribution in [0.15, 0.2) is 0 Å². The second-order valence-corrected chi connectivity index (χ2v) is 4.26. The van der Waals surface area contributed by atoms with Gasteiger partial charge in [-0.1, -0.05) is 6.92 Å². The lowest BCUT2D eigenvalue weighted by atomic mass is 10.1. The first-order chi connectivity index (χ1) is 7.20. The van der Waals surface area contributed by atoms with E-state index in [1.54, 1.807) is 0 Å². The summed E-state index contributed by atoms with van der Waals surface area (Å²) < 4.78 is 0. The van der Waals surface area contributed by atoms with E-state index in [-0.39, 0.29) is 11.9 Å². The van der Waals surface area contributed by atoms with E-state index >= 15 is 0 Å². The molecule has 2 unspecified atom stereocenters. The summed E-state index contributed by atoms with van der Waals surface area (Å²) in [5.74, 6) is 0.151. The van der Waals surface area contributed by atoms with Crippen molar-refractivity contribution in [2.24, 2.45) is 5.73 Å². The number of nitrogens with zero attached hydrogens (tertiary/aromatic N) is 1. The number of hydrogen-bond donors (Lipinski definition) is 2. The molecule has 0 saturated carbocycles. The van der Waals surface area contributed by atoms with E-state index in [9.17, 15) is 4.79 Å². The average molecular weight is 213 g/mol. The molecule has 1 fully saturated rings. The molecule has 1 rings (SSSR count). The van der Waals surface area contributed by atoms with Crippen LogP contribution in [0.25, 0.3) is 0 Å². The molecular formula is C11H23N3O. The Balaban J connectivity index is 2.73. The Bertz CT molecular complexity index is 208. The molecule has 1 amide bonds. The standard InChI is InChI=1S/C11H23N3O/c1-3-8-14-9(2)5-7-13-11(15)10(14)4-6-12/h9-10H,3-8,12H2,1-2H3,(H,13,15). The number of carbonyl (C=O) groups excluding carboxylic acids is 1. The van der Waals surface area contributed by atoms with Crippen LogP contribution in [0.4, 0.5) is 0 Å². The largest absolute Gasteiger partial charge is 0.355 e.